The number of hydrogen-bond acceptors (Lipinski definition) is 3. The first-order chi connectivity index (χ1) is 15.3. The van der Waals surface area contributed by atoms with E-state index in [0.717, 1.165) is 46.6 Å². The highest BCUT2D eigenvalue weighted by atomic mass is 35.5. The smallest absolute Gasteiger partial charge is 0.257 e. The minimum atomic E-state index is -0.225. The van der Waals surface area contributed by atoms with Crippen molar-refractivity contribution in [2.24, 2.45) is 4.99 Å². The van der Waals surface area contributed by atoms with Crippen molar-refractivity contribution in [2.75, 3.05) is 5.32 Å². The molecule has 1 aromatic heterocycles. The van der Waals surface area contributed by atoms with Gasteiger partial charge >= 0.3 is 0 Å². The van der Waals surface area contributed by atoms with Crippen molar-refractivity contribution in [3.8, 4) is 0 Å². The summed E-state index contributed by atoms with van der Waals surface area (Å²) in [5.41, 5.74) is 6.40. The number of nitrogens with zero attached hydrogens (tertiary/aromatic N) is 3. The second-order valence-electron chi connectivity index (χ2n) is 7.96. The molecular formula is C25H30ClN5O. The Kier molecular flexibility index (Phi) is 7.70. The molecule has 2 aromatic carbocycles. The third-order valence-corrected chi connectivity index (χ3v) is 5.84. The maximum atomic E-state index is 13.0. The normalized spacial score (nSPS) is 11.5. The third-order valence-electron chi connectivity index (χ3n) is 5.43. The Balaban J connectivity index is 1.87. The van der Waals surface area contributed by atoms with Gasteiger partial charge in [-0.3, -0.25) is 14.8 Å². The van der Waals surface area contributed by atoms with Crippen LogP contribution in [0.1, 0.15) is 51.7 Å². The molecule has 32 heavy (non-hydrogen) atoms. The van der Waals surface area contributed by atoms with Crippen LogP contribution in [0.4, 0.5) is 5.69 Å². The maximum Gasteiger partial charge on any atom is 0.257 e. The van der Waals surface area contributed by atoms with Crippen LogP contribution in [0.3, 0.4) is 0 Å². The van der Waals surface area contributed by atoms with Gasteiger partial charge in [-0.1, -0.05) is 30.7 Å². The lowest BCUT2D eigenvalue weighted by Gasteiger charge is -2.15. The number of guanidine groups is 1. The standard InChI is InChI=1S/C25H30ClN5O/c1-6-12-31-15-21(19(5)30-31)14-27-25(28-23-9-7-8-22(26)18(23)4)29-24(32)20-11-10-16(2)17(3)13-20/h7-11,13,15H,6,12,14H2,1-5H3,(H2,27,28,29,32). The summed E-state index contributed by atoms with van der Waals surface area (Å²) in [6.45, 7) is 11.3. The van der Waals surface area contributed by atoms with Crippen LogP contribution < -0.4 is 10.6 Å². The Hall–Kier alpha value is -3.12. The van der Waals surface area contributed by atoms with E-state index >= 15 is 0 Å². The van der Waals surface area contributed by atoms with Gasteiger partial charge in [0, 0.05) is 34.6 Å². The van der Waals surface area contributed by atoms with Gasteiger partial charge in [-0.2, -0.15) is 5.10 Å². The van der Waals surface area contributed by atoms with E-state index in [1.54, 1.807) is 0 Å². The van der Waals surface area contributed by atoms with Crippen LogP contribution in [0.25, 0.3) is 0 Å². The van der Waals surface area contributed by atoms with Gasteiger partial charge in [0.2, 0.25) is 5.96 Å². The second kappa shape index (κ2) is 10.5. The lowest BCUT2D eigenvalue weighted by molar-refractivity contribution is 0.0977. The van der Waals surface area contributed by atoms with Gasteiger partial charge in [-0.15, -0.1) is 0 Å². The van der Waals surface area contributed by atoms with Gasteiger partial charge < -0.3 is 5.32 Å². The van der Waals surface area contributed by atoms with Gasteiger partial charge in [0.1, 0.15) is 0 Å². The number of anilines is 1. The highest BCUT2D eigenvalue weighted by Gasteiger charge is 2.13. The molecule has 168 valence electrons. The monoisotopic (exact) mass is 451 g/mol. The molecule has 0 radical (unpaired) electrons. The largest absolute Gasteiger partial charge is 0.326 e. The molecule has 0 aliphatic carbocycles. The van der Waals surface area contributed by atoms with Crippen LogP contribution in [0.15, 0.2) is 47.6 Å². The fourth-order valence-electron chi connectivity index (χ4n) is 3.27. The van der Waals surface area contributed by atoms with Crippen LogP contribution in [-0.4, -0.2) is 21.6 Å². The van der Waals surface area contributed by atoms with E-state index in [1.165, 1.54) is 0 Å². The van der Waals surface area contributed by atoms with E-state index in [1.807, 2.05) is 75.0 Å². The Morgan fingerprint density at radius 3 is 2.62 bits per heavy atom. The number of rotatable bonds is 6. The fourth-order valence-corrected chi connectivity index (χ4v) is 3.44. The fraction of sp³-hybridized carbons (Fsp3) is 0.320. The van der Waals surface area contributed by atoms with Crippen LogP contribution in [0.5, 0.6) is 0 Å². The molecule has 0 aliphatic heterocycles. The van der Waals surface area contributed by atoms with Gasteiger partial charge in [0.15, 0.2) is 0 Å². The number of hydrogen-bond donors (Lipinski definition) is 2. The van der Waals surface area contributed by atoms with E-state index in [-0.39, 0.29) is 5.91 Å². The number of amides is 1. The van der Waals surface area contributed by atoms with Crippen molar-refractivity contribution in [3.63, 3.8) is 0 Å². The van der Waals surface area contributed by atoms with Crippen molar-refractivity contribution in [1.29, 1.82) is 0 Å². The lowest BCUT2D eigenvalue weighted by Crippen LogP contribution is -2.36. The summed E-state index contributed by atoms with van der Waals surface area (Å²) in [7, 11) is 0. The molecule has 0 aliphatic rings. The molecule has 0 atom stereocenters. The number of aryl methyl sites for hydroxylation is 4. The first-order valence-corrected chi connectivity index (χ1v) is 11.1. The summed E-state index contributed by atoms with van der Waals surface area (Å²) >= 11 is 6.28. The van der Waals surface area contributed by atoms with Crippen molar-refractivity contribution in [1.82, 2.24) is 15.1 Å². The molecule has 2 N–H and O–H groups in total. The zero-order chi connectivity index (χ0) is 23.3. The van der Waals surface area contributed by atoms with Gasteiger partial charge in [0.25, 0.3) is 5.91 Å². The van der Waals surface area contributed by atoms with Crippen molar-refractivity contribution in [3.05, 3.63) is 81.1 Å². The zero-order valence-electron chi connectivity index (χ0n) is 19.3. The number of aliphatic imine (C=N–C) groups is 1. The Morgan fingerprint density at radius 2 is 1.91 bits per heavy atom. The highest BCUT2D eigenvalue weighted by molar-refractivity contribution is 6.31. The maximum absolute atomic E-state index is 13.0. The Morgan fingerprint density at radius 1 is 1.12 bits per heavy atom. The quantitative estimate of drug-likeness (QED) is 0.379. The Bertz CT molecular complexity index is 1150. The van der Waals surface area contributed by atoms with E-state index in [2.05, 4.69) is 27.6 Å². The van der Waals surface area contributed by atoms with E-state index in [9.17, 15) is 4.79 Å². The van der Waals surface area contributed by atoms with Crippen LogP contribution in [0, 0.1) is 27.7 Å². The lowest BCUT2D eigenvalue weighted by atomic mass is 10.1. The molecule has 3 rings (SSSR count). The van der Waals surface area contributed by atoms with E-state index < -0.39 is 0 Å². The number of benzene rings is 2. The van der Waals surface area contributed by atoms with E-state index in [0.29, 0.717) is 23.1 Å². The molecule has 0 saturated heterocycles. The molecule has 0 spiro atoms. The van der Waals surface area contributed by atoms with Crippen molar-refractivity contribution < 1.29 is 4.79 Å². The summed E-state index contributed by atoms with van der Waals surface area (Å²) in [4.78, 5) is 17.6. The molecule has 0 saturated carbocycles. The zero-order valence-corrected chi connectivity index (χ0v) is 20.0. The van der Waals surface area contributed by atoms with Gasteiger partial charge in [0.05, 0.1) is 12.2 Å². The van der Waals surface area contributed by atoms with Crippen LogP contribution in [-0.2, 0) is 13.1 Å². The topological polar surface area (TPSA) is 71.3 Å². The number of carbonyl (C=O) groups is 1. The summed E-state index contributed by atoms with van der Waals surface area (Å²) in [5.74, 6) is 0.138. The van der Waals surface area contributed by atoms with Crippen molar-refractivity contribution >= 4 is 29.2 Å². The molecule has 3 aromatic rings. The predicted molar refractivity (Wildman–Crippen MR) is 132 cm³/mol. The molecular weight excluding hydrogens is 422 g/mol. The molecule has 7 heteroatoms. The first kappa shape index (κ1) is 23.5. The summed E-state index contributed by atoms with van der Waals surface area (Å²) in [6.07, 6.45) is 3.02. The summed E-state index contributed by atoms with van der Waals surface area (Å²) in [5, 5.41) is 11.4. The molecule has 1 heterocycles. The van der Waals surface area contributed by atoms with Gasteiger partial charge in [-0.25, -0.2) is 4.99 Å². The first-order valence-electron chi connectivity index (χ1n) is 10.8. The summed E-state index contributed by atoms with van der Waals surface area (Å²) in [6, 6.07) is 11.2. The number of aromatic nitrogens is 2. The molecule has 0 fully saturated rings. The number of carbonyl (C=O) groups excluding carboxylic acids is 1. The molecule has 0 bridgehead atoms. The minimum Gasteiger partial charge on any atom is -0.326 e. The average Bonchev–Trinajstić information content (AvgIpc) is 3.10. The second-order valence-corrected chi connectivity index (χ2v) is 8.37. The van der Waals surface area contributed by atoms with Crippen LogP contribution in [0.2, 0.25) is 5.02 Å². The highest BCUT2D eigenvalue weighted by Crippen LogP contribution is 2.23. The molecule has 1 amide bonds. The summed E-state index contributed by atoms with van der Waals surface area (Å²) < 4.78 is 1.93. The molecule has 0 unspecified atom stereocenters. The van der Waals surface area contributed by atoms with E-state index in [4.69, 9.17) is 11.6 Å². The Labute approximate surface area is 194 Å². The molecule has 6 nitrogen and oxygen atoms in total. The van der Waals surface area contributed by atoms with Crippen LogP contribution >= 0.6 is 11.6 Å². The SMILES string of the molecule is CCCn1cc(CN=C(NC(=O)c2ccc(C)c(C)c2)Nc2cccc(Cl)c2C)c(C)n1. The van der Waals surface area contributed by atoms with Crippen molar-refractivity contribution in [2.45, 2.75) is 54.1 Å². The average molecular weight is 452 g/mol. The third kappa shape index (κ3) is 5.77. The number of halogens is 1. The van der Waals surface area contributed by atoms with Gasteiger partial charge in [-0.05, 0) is 75.1 Å². The minimum absolute atomic E-state index is 0.225. The number of nitrogens with one attached hydrogen (secondary N) is 2. The predicted octanol–water partition coefficient (Wildman–Crippen LogP) is 5.58.